The van der Waals surface area contributed by atoms with E-state index in [-0.39, 0.29) is 0 Å². The molecule has 1 nitrogen and oxygen atoms in total. The highest BCUT2D eigenvalue weighted by molar-refractivity contribution is 6.04. The van der Waals surface area contributed by atoms with Gasteiger partial charge in [-0.15, -0.1) is 0 Å². The van der Waals surface area contributed by atoms with Gasteiger partial charge in [-0.2, -0.15) is 0 Å². The minimum Gasteiger partial charge on any atom is -0.288 e. The van der Waals surface area contributed by atoms with Crippen LogP contribution >= 0.6 is 0 Å². The molecule has 1 aliphatic heterocycles. The molecule has 1 fully saturated rings. The van der Waals surface area contributed by atoms with E-state index in [1.165, 1.54) is 42.5 Å². The molecule has 1 heteroatoms. The molecule has 1 aliphatic carbocycles. The van der Waals surface area contributed by atoms with Gasteiger partial charge >= 0.3 is 0 Å². The quantitative estimate of drug-likeness (QED) is 0.658. The summed E-state index contributed by atoms with van der Waals surface area (Å²) < 4.78 is 0. The summed E-state index contributed by atoms with van der Waals surface area (Å²) in [7, 11) is 0. The van der Waals surface area contributed by atoms with Crippen molar-refractivity contribution < 1.29 is 0 Å². The topological polar surface area (TPSA) is 12.4 Å². The number of aliphatic imine (C=N–C) groups is 1. The molecular formula is C14H17N. The highest BCUT2D eigenvalue weighted by Gasteiger charge is 2.24. The molecule has 3 rings (SSSR count). The number of rotatable bonds is 1. The largest absolute Gasteiger partial charge is 0.288 e. The Labute approximate surface area is 91.2 Å². The summed E-state index contributed by atoms with van der Waals surface area (Å²) in [6, 6.07) is 8.82. The first-order valence-corrected chi connectivity index (χ1v) is 6.08. The van der Waals surface area contributed by atoms with Crippen LogP contribution in [0.15, 0.2) is 29.3 Å². The first-order chi connectivity index (χ1) is 7.45. The van der Waals surface area contributed by atoms with Crippen LogP contribution in [0.3, 0.4) is 0 Å². The van der Waals surface area contributed by atoms with Gasteiger partial charge in [-0.3, -0.25) is 4.99 Å². The zero-order valence-corrected chi connectivity index (χ0v) is 9.08. The number of benzene rings is 1. The van der Waals surface area contributed by atoms with Crippen molar-refractivity contribution >= 4 is 5.71 Å². The Morgan fingerprint density at radius 2 is 1.87 bits per heavy atom. The molecule has 0 radical (unpaired) electrons. The van der Waals surface area contributed by atoms with Crippen LogP contribution in [0.25, 0.3) is 0 Å². The van der Waals surface area contributed by atoms with Crippen LogP contribution in [0, 0.1) is 5.92 Å². The molecule has 0 bridgehead atoms. The third-order valence-electron chi connectivity index (χ3n) is 3.70. The van der Waals surface area contributed by atoms with E-state index in [0.29, 0.717) is 0 Å². The summed E-state index contributed by atoms with van der Waals surface area (Å²) >= 11 is 0. The van der Waals surface area contributed by atoms with E-state index in [2.05, 4.69) is 24.3 Å². The van der Waals surface area contributed by atoms with Gasteiger partial charge in [0.05, 0.1) is 0 Å². The van der Waals surface area contributed by atoms with Crippen molar-refractivity contribution in [3.8, 4) is 0 Å². The summed E-state index contributed by atoms with van der Waals surface area (Å²) in [5.41, 5.74) is 4.36. The van der Waals surface area contributed by atoms with E-state index < -0.39 is 0 Å². The molecule has 0 saturated heterocycles. The Balaban J connectivity index is 1.98. The Morgan fingerprint density at radius 3 is 2.73 bits per heavy atom. The van der Waals surface area contributed by atoms with Gasteiger partial charge < -0.3 is 0 Å². The summed E-state index contributed by atoms with van der Waals surface area (Å²) in [5, 5.41) is 0. The lowest BCUT2D eigenvalue weighted by Gasteiger charge is -2.21. The molecule has 0 N–H and O–H groups in total. The molecule has 0 aromatic heterocycles. The second-order valence-electron chi connectivity index (χ2n) is 4.66. The summed E-state index contributed by atoms with van der Waals surface area (Å²) in [6.45, 7) is 1.00. The lowest BCUT2D eigenvalue weighted by atomic mass is 9.89. The summed E-state index contributed by atoms with van der Waals surface area (Å²) in [6.07, 6.45) is 6.63. The molecule has 1 aromatic carbocycles. The van der Waals surface area contributed by atoms with Crippen molar-refractivity contribution in [2.24, 2.45) is 10.9 Å². The predicted molar refractivity (Wildman–Crippen MR) is 63.5 cm³/mol. The van der Waals surface area contributed by atoms with Crippen LogP contribution in [-0.2, 0) is 6.42 Å². The van der Waals surface area contributed by atoms with Crippen molar-refractivity contribution in [3.63, 3.8) is 0 Å². The second kappa shape index (κ2) is 3.80. The van der Waals surface area contributed by atoms with E-state index in [0.717, 1.165) is 18.9 Å². The molecule has 1 heterocycles. The number of fused-ring (bicyclic) bond motifs is 1. The molecule has 0 unspecified atom stereocenters. The monoisotopic (exact) mass is 199 g/mol. The lowest BCUT2D eigenvalue weighted by Crippen LogP contribution is -2.19. The normalized spacial score (nSPS) is 21.2. The van der Waals surface area contributed by atoms with Crippen molar-refractivity contribution in [1.82, 2.24) is 0 Å². The van der Waals surface area contributed by atoms with E-state index in [1.807, 2.05) is 0 Å². The van der Waals surface area contributed by atoms with Crippen molar-refractivity contribution in [2.45, 2.75) is 32.1 Å². The fourth-order valence-electron chi connectivity index (χ4n) is 2.92. The maximum Gasteiger partial charge on any atom is 0.0454 e. The van der Waals surface area contributed by atoms with Gasteiger partial charge in [0.2, 0.25) is 0 Å². The molecule has 78 valence electrons. The van der Waals surface area contributed by atoms with Gasteiger partial charge in [0.1, 0.15) is 0 Å². The Hall–Kier alpha value is -1.11. The average Bonchev–Trinajstić information content (AvgIpc) is 2.82. The molecule has 1 aromatic rings. The molecule has 1 saturated carbocycles. The fraction of sp³-hybridized carbons (Fsp3) is 0.500. The first-order valence-electron chi connectivity index (χ1n) is 6.08. The van der Waals surface area contributed by atoms with E-state index >= 15 is 0 Å². The van der Waals surface area contributed by atoms with Gasteiger partial charge in [-0.05, 0) is 30.4 Å². The average molecular weight is 199 g/mol. The standard InChI is InChI=1S/C14H17N/c1-2-7-12(6-1)14-13-8-4-3-5-11(13)9-10-15-14/h3-5,8,12H,1-2,6-7,9-10H2. The maximum atomic E-state index is 4.77. The second-order valence-corrected chi connectivity index (χ2v) is 4.66. The van der Waals surface area contributed by atoms with Gasteiger partial charge in [-0.1, -0.05) is 37.1 Å². The number of hydrogen-bond donors (Lipinski definition) is 0. The highest BCUT2D eigenvalue weighted by Crippen LogP contribution is 2.31. The smallest absolute Gasteiger partial charge is 0.0454 e. The highest BCUT2D eigenvalue weighted by atomic mass is 14.8. The number of hydrogen-bond acceptors (Lipinski definition) is 1. The van der Waals surface area contributed by atoms with Crippen LogP contribution in [-0.4, -0.2) is 12.3 Å². The zero-order valence-electron chi connectivity index (χ0n) is 9.08. The molecule has 0 spiro atoms. The minimum absolute atomic E-state index is 0.756. The molecule has 0 amide bonds. The molecule has 2 aliphatic rings. The van der Waals surface area contributed by atoms with Crippen molar-refractivity contribution in [1.29, 1.82) is 0 Å². The SMILES string of the molecule is c1ccc2c(c1)CCN=C2C1CCCC1. The van der Waals surface area contributed by atoms with Gasteiger partial charge in [0, 0.05) is 18.2 Å². The molecule has 0 atom stereocenters. The molecule has 15 heavy (non-hydrogen) atoms. The molecular weight excluding hydrogens is 182 g/mol. The predicted octanol–water partition coefficient (Wildman–Crippen LogP) is 3.22. The van der Waals surface area contributed by atoms with Crippen molar-refractivity contribution in [3.05, 3.63) is 35.4 Å². The summed E-state index contributed by atoms with van der Waals surface area (Å²) in [5.74, 6) is 0.756. The lowest BCUT2D eigenvalue weighted by molar-refractivity contribution is 0.716. The number of nitrogens with zero attached hydrogens (tertiary/aromatic N) is 1. The van der Waals surface area contributed by atoms with Crippen molar-refractivity contribution in [2.75, 3.05) is 6.54 Å². The Kier molecular flexibility index (Phi) is 2.32. The van der Waals surface area contributed by atoms with E-state index in [1.54, 1.807) is 0 Å². The van der Waals surface area contributed by atoms with Crippen LogP contribution in [0.5, 0.6) is 0 Å². The summed E-state index contributed by atoms with van der Waals surface area (Å²) in [4.78, 5) is 4.77. The van der Waals surface area contributed by atoms with Crippen LogP contribution in [0.4, 0.5) is 0 Å². The van der Waals surface area contributed by atoms with Gasteiger partial charge in [-0.25, -0.2) is 0 Å². The fourth-order valence-corrected chi connectivity index (χ4v) is 2.92. The van der Waals surface area contributed by atoms with Crippen LogP contribution in [0.2, 0.25) is 0 Å². The first kappa shape index (κ1) is 9.14. The van der Waals surface area contributed by atoms with E-state index in [9.17, 15) is 0 Å². The maximum absolute atomic E-state index is 4.77. The Bertz CT molecular complexity index is 386. The van der Waals surface area contributed by atoms with E-state index in [4.69, 9.17) is 4.99 Å². The zero-order chi connectivity index (χ0) is 10.1. The third kappa shape index (κ3) is 1.60. The third-order valence-corrected chi connectivity index (χ3v) is 3.70. The van der Waals surface area contributed by atoms with Gasteiger partial charge in [0.15, 0.2) is 0 Å². The van der Waals surface area contributed by atoms with Crippen LogP contribution < -0.4 is 0 Å². The Morgan fingerprint density at radius 1 is 1.07 bits per heavy atom. The van der Waals surface area contributed by atoms with Gasteiger partial charge in [0.25, 0.3) is 0 Å². The minimum atomic E-state index is 0.756. The van der Waals surface area contributed by atoms with Crippen LogP contribution in [0.1, 0.15) is 36.8 Å².